The topological polar surface area (TPSA) is 122 Å². The van der Waals surface area contributed by atoms with Crippen LogP contribution in [-0.2, 0) is 16.0 Å². The molecule has 3 N–H and O–H groups in total. The first kappa shape index (κ1) is 21.5. The van der Waals surface area contributed by atoms with E-state index in [-0.39, 0.29) is 34.8 Å². The maximum Gasteiger partial charge on any atom is 0.321 e. The number of phenols is 2. The Labute approximate surface area is 190 Å². The molecule has 31 heavy (non-hydrogen) atoms. The molecule has 1 aromatic heterocycles. The minimum Gasteiger partial charge on any atom is -0.506 e. The molecule has 0 fully saturated rings. The second-order valence-electron chi connectivity index (χ2n) is 6.70. The number of hydrogen-bond donors (Lipinski definition) is 3. The Morgan fingerprint density at radius 3 is 2.77 bits per heavy atom. The van der Waals surface area contributed by atoms with E-state index in [1.807, 2.05) is 6.07 Å². The van der Waals surface area contributed by atoms with Crippen LogP contribution in [0.25, 0.3) is 0 Å². The van der Waals surface area contributed by atoms with E-state index in [1.165, 1.54) is 29.2 Å². The molecule has 0 radical (unpaired) electrons. The van der Waals surface area contributed by atoms with Gasteiger partial charge in [-0.1, -0.05) is 60.0 Å². The Morgan fingerprint density at radius 2 is 2.00 bits per heavy atom. The molecular weight excluding hydrogens is 458 g/mol. The quantitative estimate of drug-likeness (QED) is 0.160. The number of thioether (sulfide) groups is 1. The van der Waals surface area contributed by atoms with Gasteiger partial charge in [-0.3, -0.25) is 9.59 Å². The van der Waals surface area contributed by atoms with E-state index in [0.29, 0.717) is 31.3 Å². The van der Waals surface area contributed by atoms with Crippen molar-refractivity contribution in [2.75, 3.05) is 11.1 Å². The van der Waals surface area contributed by atoms with Gasteiger partial charge in [0.1, 0.15) is 17.2 Å². The summed E-state index contributed by atoms with van der Waals surface area (Å²) in [7, 11) is 0. The van der Waals surface area contributed by atoms with Crippen LogP contribution in [0, 0.1) is 5.92 Å². The Kier molecular flexibility index (Phi) is 6.35. The lowest BCUT2D eigenvalue weighted by Gasteiger charge is -2.24. The van der Waals surface area contributed by atoms with Gasteiger partial charge in [0.05, 0.1) is 16.3 Å². The summed E-state index contributed by atoms with van der Waals surface area (Å²) in [5, 5.41) is 31.7. The standard InChI is InChI=1S/C20H17N3O5S3/c1-10-7-12-16(21-18(10)27)13(24)8-14(17(12)26)30-20-23-22-19(31-20)29-9-15(25)28-11-5-3-2-4-6-11/h2-6,8,10,24,26H,7,9H2,1H3,(H,21,27). The zero-order chi connectivity index (χ0) is 22.0. The largest absolute Gasteiger partial charge is 0.506 e. The average Bonchev–Trinajstić information content (AvgIpc) is 3.20. The fraction of sp³-hybridized carbons (Fsp3) is 0.200. The van der Waals surface area contributed by atoms with E-state index in [1.54, 1.807) is 31.2 Å². The molecule has 4 rings (SSSR count). The fourth-order valence-electron chi connectivity index (χ4n) is 2.91. The molecule has 2 aromatic carbocycles. The monoisotopic (exact) mass is 475 g/mol. The highest BCUT2D eigenvalue weighted by atomic mass is 32.2. The number of carbonyl (C=O) groups is 2. The molecule has 0 aliphatic carbocycles. The number of benzene rings is 2. The number of phenolic OH excluding ortho intramolecular Hbond substituents is 2. The van der Waals surface area contributed by atoms with Gasteiger partial charge in [0, 0.05) is 11.5 Å². The fourth-order valence-corrected chi connectivity index (χ4v) is 5.76. The first-order valence-electron chi connectivity index (χ1n) is 9.19. The van der Waals surface area contributed by atoms with Gasteiger partial charge >= 0.3 is 5.97 Å². The lowest BCUT2D eigenvalue weighted by molar-refractivity contribution is -0.131. The zero-order valence-electron chi connectivity index (χ0n) is 16.2. The van der Waals surface area contributed by atoms with Crippen LogP contribution < -0.4 is 10.1 Å². The minimum atomic E-state index is -0.394. The molecule has 0 bridgehead atoms. The molecule has 2 heterocycles. The van der Waals surface area contributed by atoms with Crippen LogP contribution in [0.2, 0.25) is 0 Å². The number of aromatic nitrogens is 2. The number of ether oxygens (including phenoxy) is 1. The first-order valence-corrected chi connectivity index (χ1v) is 11.8. The molecule has 0 spiro atoms. The van der Waals surface area contributed by atoms with E-state index >= 15 is 0 Å². The maximum absolute atomic E-state index is 12.0. The Balaban J connectivity index is 1.41. The number of amides is 1. The Morgan fingerprint density at radius 1 is 1.26 bits per heavy atom. The number of para-hydroxylation sites is 1. The number of rotatable bonds is 6. The van der Waals surface area contributed by atoms with Crippen molar-refractivity contribution < 1.29 is 24.5 Å². The van der Waals surface area contributed by atoms with E-state index in [2.05, 4.69) is 15.5 Å². The average molecular weight is 476 g/mol. The molecule has 1 unspecified atom stereocenters. The molecule has 1 amide bonds. The molecule has 1 aliphatic heterocycles. The van der Waals surface area contributed by atoms with Gasteiger partial charge in [0.25, 0.3) is 0 Å². The van der Waals surface area contributed by atoms with Gasteiger partial charge in [0.2, 0.25) is 5.91 Å². The number of hydrogen-bond acceptors (Lipinski definition) is 10. The number of nitrogens with one attached hydrogen (secondary N) is 1. The third-order valence-electron chi connectivity index (χ3n) is 4.42. The SMILES string of the molecule is CC1Cc2c(O)c(Sc3nnc(SCC(=O)Oc4ccccc4)s3)cc(O)c2NC1=O. The van der Waals surface area contributed by atoms with Crippen molar-refractivity contribution in [3.05, 3.63) is 42.0 Å². The molecule has 3 aromatic rings. The van der Waals surface area contributed by atoms with Gasteiger partial charge < -0.3 is 20.3 Å². The van der Waals surface area contributed by atoms with Crippen LogP contribution in [-0.4, -0.2) is 38.0 Å². The normalized spacial score (nSPS) is 15.3. The summed E-state index contributed by atoms with van der Waals surface area (Å²) in [6, 6.07) is 10.2. The first-order chi connectivity index (χ1) is 14.9. The van der Waals surface area contributed by atoms with Gasteiger partial charge in [0.15, 0.2) is 8.68 Å². The highest BCUT2D eigenvalue weighted by molar-refractivity contribution is 8.03. The summed E-state index contributed by atoms with van der Waals surface area (Å²) in [5.41, 5.74) is 0.743. The van der Waals surface area contributed by atoms with Gasteiger partial charge in [-0.05, 0) is 24.6 Å². The predicted octanol–water partition coefficient (Wildman–Crippen LogP) is 3.93. The van der Waals surface area contributed by atoms with E-state index in [9.17, 15) is 19.8 Å². The third-order valence-corrected chi connectivity index (χ3v) is 7.54. The van der Waals surface area contributed by atoms with Crippen molar-refractivity contribution >= 4 is 52.4 Å². The van der Waals surface area contributed by atoms with Crippen LogP contribution in [0.3, 0.4) is 0 Å². The number of esters is 1. The summed E-state index contributed by atoms with van der Waals surface area (Å²) < 4.78 is 6.36. The van der Waals surface area contributed by atoms with Crippen LogP contribution in [0.1, 0.15) is 12.5 Å². The van der Waals surface area contributed by atoms with Gasteiger partial charge in [-0.25, -0.2) is 0 Å². The second kappa shape index (κ2) is 9.16. The molecular formula is C20H17N3O5S3. The third kappa shape index (κ3) is 4.94. The van der Waals surface area contributed by atoms with Crippen molar-refractivity contribution in [2.24, 2.45) is 5.92 Å². The number of fused-ring (bicyclic) bond motifs is 1. The number of aromatic hydroxyl groups is 2. The number of nitrogens with zero attached hydrogens (tertiary/aromatic N) is 2. The van der Waals surface area contributed by atoms with E-state index in [0.717, 1.165) is 11.8 Å². The lowest BCUT2D eigenvalue weighted by Crippen LogP contribution is -2.27. The van der Waals surface area contributed by atoms with Crippen LogP contribution in [0.15, 0.2) is 50.0 Å². The van der Waals surface area contributed by atoms with Crippen molar-refractivity contribution in [3.8, 4) is 17.2 Å². The molecule has 11 heteroatoms. The lowest BCUT2D eigenvalue weighted by atomic mass is 9.93. The van der Waals surface area contributed by atoms with Crippen LogP contribution >= 0.6 is 34.9 Å². The minimum absolute atomic E-state index is 0.000456. The summed E-state index contributed by atoms with van der Waals surface area (Å²) in [4.78, 5) is 24.2. The molecule has 160 valence electrons. The van der Waals surface area contributed by atoms with Crippen LogP contribution in [0.4, 0.5) is 5.69 Å². The maximum atomic E-state index is 12.0. The molecule has 8 nitrogen and oxygen atoms in total. The van der Waals surface area contributed by atoms with Gasteiger partial charge in [-0.2, -0.15) is 0 Å². The number of carbonyl (C=O) groups excluding carboxylic acids is 2. The predicted molar refractivity (Wildman–Crippen MR) is 118 cm³/mol. The molecule has 0 saturated heterocycles. The second-order valence-corrected chi connectivity index (χ2v) is 10.2. The van der Waals surface area contributed by atoms with Crippen molar-refractivity contribution in [3.63, 3.8) is 0 Å². The summed E-state index contributed by atoms with van der Waals surface area (Å²) in [5.74, 6) is -0.448. The molecule has 1 atom stereocenters. The van der Waals surface area contributed by atoms with E-state index in [4.69, 9.17) is 4.74 Å². The smallest absolute Gasteiger partial charge is 0.321 e. The highest BCUT2D eigenvalue weighted by Gasteiger charge is 2.29. The van der Waals surface area contributed by atoms with Crippen molar-refractivity contribution in [1.29, 1.82) is 0 Å². The molecule has 0 saturated carbocycles. The van der Waals surface area contributed by atoms with Crippen molar-refractivity contribution in [1.82, 2.24) is 10.2 Å². The van der Waals surface area contributed by atoms with Crippen LogP contribution in [0.5, 0.6) is 17.2 Å². The number of anilines is 1. The van der Waals surface area contributed by atoms with Crippen molar-refractivity contribution in [2.45, 2.75) is 26.9 Å². The molecule has 1 aliphatic rings. The Hall–Kier alpha value is -2.76. The zero-order valence-corrected chi connectivity index (χ0v) is 18.6. The Bertz CT molecular complexity index is 1140. The highest BCUT2D eigenvalue weighted by Crippen LogP contribution is 2.47. The summed E-state index contributed by atoms with van der Waals surface area (Å²) in [6.45, 7) is 1.76. The van der Waals surface area contributed by atoms with E-state index < -0.39 is 5.97 Å². The summed E-state index contributed by atoms with van der Waals surface area (Å²) in [6.07, 6.45) is 0.329. The summed E-state index contributed by atoms with van der Waals surface area (Å²) >= 11 is 3.62. The van der Waals surface area contributed by atoms with Gasteiger partial charge in [-0.15, -0.1) is 10.2 Å².